The van der Waals surface area contributed by atoms with Gasteiger partial charge < -0.3 is 9.73 Å². The molecule has 1 N–H and O–H groups in total. The van der Waals surface area contributed by atoms with Crippen LogP contribution in [-0.2, 0) is 6.42 Å². The van der Waals surface area contributed by atoms with Gasteiger partial charge in [-0.15, -0.1) is 11.8 Å². The topological polar surface area (TPSA) is 25.2 Å². The first-order valence-electron chi connectivity index (χ1n) is 6.80. The largest absolute Gasteiger partial charge is 0.472 e. The first-order valence-corrected chi connectivity index (χ1v) is 7.79. The quantitative estimate of drug-likeness (QED) is 0.738. The molecule has 1 heterocycles. The predicted molar refractivity (Wildman–Crippen MR) is 81.7 cm³/mol. The maximum Gasteiger partial charge on any atom is 0.0935 e. The molecular weight excluding hydrogens is 254 g/mol. The lowest BCUT2D eigenvalue weighted by Gasteiger charge is -2.17. The SMILES string of the molecule is CCCNC(CSc1ccccc1)Cc1ccoc1. The summed E-state index contributed by atoms with van der Waals surface area (Å²) >= 11 is 1.91. The van der Waals surface area contributed by atoms with Crippen LogP contribution in [0, 0.1) is 0 Å². The first kappa shape index (κ1) is 14.2. The van der Waals surface area contributed by atoms with E-state index in [2.05, 4.69) is 42.6 Å². The molecule has 3 heteroatoms. The van der Waals surface area contributed by atoms with Gasteiger partial charge in [0.1, 0.15) is 0 Å². The minimum atomic E-state index is 0.489. The molecule has 0 fully saturated rings. The molecule has 0 aliphatic heterocycles. The van der Waals surface area contributed by atoms with Crippen LogP contribution in [0.5, 0.6) is 0 Å². The molecule has 1 aromatic carbocycles. The smallest absolute Gasteiger partial charge is 0.0935 e. The van der Waals surface area contributed by atoms with Crippen molar-refractivity contribution in [3.05, 3.63) is 54.5 Å². The third kappa shape index (κ3) is 5.13. The van der Waals surface area contributed by atoms with Crippen molar-refractivity contribution < 1.29 is 4.42 Å². The van der Waals surface area contributed by atoms with Crippen LogP contribution in [0.3, 0.4) is 0 Å². The summed E-state index contributed by atoms with van der Waals surface area (Å²) in [7, 11) is 0. The van der Waals surface area contributed by atoms with Gasteiger partial charge in [-0.1, -0.05) is 25.1 Å². The minimum absolute atomic E-state index is 0.489. The fraction of sp³-hybridized carbons (Fsp3) is 0.375. The van der Waals surface area contributed by atoms with E-state index in [-0.39, 0.29) is 0 Å². The van der Waals surface area contributed by atoms with Crippen molar-refractivity contribution in [2.75, 3.05) is 12.3 Å². The molecule has 0 radical (unpaired) electrons. The van der Waals surface area contributed by atoms with E-state index in [0.29, 0.717) is 6.04 Å². The van der Waals surface area contributed by atoms with Gasteiger partial charge in [-0.2, -0.15) is 0 Å². The lowest BCUT2D eigenvalue weighted by molar-refractivity contribution is 0.536. The summed E-state index contributed by atoms with van der Waals surface area (Å²) in [6, 6.07) is 13.1. The Labute approximate surface area is 119 Å². The Morgan fingerprint density at radius 2 is 2.05 bits per heavy atom. The normalized spacial score (nSPS) is 12.5. The Morgan fingerprint density at radius 1 is 1.21 bits per heavy atom. The third-order valence-electron chi connectivity index (χ3n) is 2.94. The van der Waals surface area contributed by atoms with Gasteiger partial charge in [0.15, 0.2) is 0 Å². The Kier molecular flexibility index (Phi) is 6.05. The summed E-state index contributed by atoms with van der Waals surface area (Å²) < 4.78 is 5.15. The van der Waals surface area contributed by atoms with E-state index < -0.39 is 0 Å². The van der Waals surface area contributed by atoms with Gasteiger partial charge in [-0.3, -0.25) is 0 Å². The van der Waals surface area contributed by atoms with Gasteiger partial charge in [-0.05, 0) is 43.1 Å². The van der Waals surface area contributed by atoms with Gasteiger partial charge >= 0.3 is 0 Å². The number of thioether (sulfide) groups is 1. The van der Waals surface area contributed by atoms with Crippen LogP contribution >= 0.6 is 11.8 Å². The first-order chi connectivity index (χ1) is 9.38. The Balaban J connectivity index is 1.86. The molecule has 0 amide bonds. The zero-order valence-corrected chi connectivity index (χ0v) is 12.2. The monoisotopic (exact) mass is 275 g/mol. The van der Waals surface area contributed by atoms with Gasteiger partial charge in [0.05, 0.1) is 12.5 Å². The predicted octanol–water partition coefficient (Wildman–Crippen LogP) is 3.98. The van der Waals surface area contributed by atoms with Gasteiger partial charge in [0.25, 0.3) is 0 Å². The summed E-state index contributed by atoms with van der Waals surface area (Å²) in [5.41, 5.74) is 1.27. The van der Waals surface area contributed by atoms with Gasteiger partial charge in [-0.25, -0.2) is 0 Å². The lowest BCUT2D eigenvalue weighted by atomic mass is 10.1. The van der Waals surface area contributed by atoms with Crippen LogP contribution in [-0.4, -0.2) is 18.3 Å². The molecule has 0 saturated heterocycles. The van der Waals surface area contributed by atoms with Crippen molar-refractivity contribution in [2.45, 2.75) is 30.7 Å². The molecule has 1 aromatic heterocycles. The summed E-state index contributed by atoms with van der Waals surface area (Å²) in [6.45, 7) is 3.27. The molecule has 0 aliphatic rings. The van der Waals surface area contributed by atoms with Crippen LogP contribution in [0.25, 0.3) is 0 Å². The number of benzene rings is 1. The molecule has 0 spiro atoms. The zero-order chi connectivity index (χ0) is 13.3. The van der Waals surface area contributed by atoms with E-state index in [0.717, 1.165) is 25.1 Å². The highest BCUT2D eigenvalue weighted by Crippen LogP contribution is 2.19. The van der Waals surface area contributed by atoms with Crippen molar-refractivity contribution in [2.24, 2.45) is 0 Å². The van der Waals surface area contributed by atoms with Crippen molar-refractivity contribution >= 4 is 11.8 Å². The summed E-state index contributed by atoms with van der Waals surface area (Å²) in [4.78, 5) is 1.33. The third-order valence-corrected chi connectivity index (χ3v) is 4.11. The standard InChI is InChI=1S/C16H21NOS/c1-2-9-17-15(11-14-8-10-18-12-14)13-19-16-6-4-3-5-7-16/h3-8,10,12,15,17H,2,9,11,13H2,1H3. The number of rotatable bonds is 8. The maximum atomic E-state index is 5.15. The zero-order valence-electron chi connectivity index (χ0n) is 11.3. The van der Waals surface area contributed by atoms with E-state index in [1.165, 1.54) is 10.5 Å². The average molecular weight is 275 g/mol. The maximum absolute atomic E-state index is 5.15. The highest BCUT2D eigenvalue weighted by atomic mass is 32.2. The molecule has 1 unspecified atom stereocenters. The summed E-state index contributed by atoms with van der Waals surface area (Å²) in [5, 5.41) is 3.62. The molecule has 2 nitrogen and oxygen atoms in total. The van der Waals surface area contributed by atoms with E-state index in [1.807, 2.05) is 24.1 Å². The van der Waals surface area contributed by atoms with Crippen LogP contribution in [0.2, 0.25) is 0 Å². The van der Waals surface area contributed by atoms with Crippen molar-refractivity contribution in [3.63, 3.8) is 0 Å². The number of nitrogens with one attached hydrogen (secondary N) is 1. The fourth-order valence-electron chi connectivity index (χ4n) is 1.95. The average Bonchev–Trinajstić information content (AvgIpc) is 2.96. The number of furan rings is 1. The van der Waals surface area contributed by atoms with Crippen LogP contribution in [0.4, 0.5) is 0 Å². The number of hydrogen-bond donors (Lipinski definition) is 1. The molecular formula is C16H21NOS. The van der Waals surface area contributed by atoms with Crippen molar-refractivity contribution in [1.29, 1.82) is 0 Å². The van der Waals surface area contributed by atoms with Gasteiger partial charge in [0, 0.05) is 16.7 Å². The van der Waals surface area contributed by atoms with E-state index >= 15 is 0 Å². The van der Waals surface area contributed by atoms with E-state index in [9.17, 15) is 0 Å². The summed E-state index contributed by atoms with van der Waals surface area (Å²) in [5.74, 6) is 1.08. The summed E-state index contributed by atoms with van der Waals surface area (Å²) in [6.07, 6.45) is 5.78. The van der Waals surface area contributed by atoms with E-state index in [1.54, 1.807) is 6.26 Å². The highest BCUT2D eigenvalue weighted by molar-refractivity contribution is 7.99. The number of hydrogen-bond acceptors (Lipinski definition) is 3. The molecule has 0 bridgehead atoms. The van der Waals surface area contributed by atoms with Gasteiger partial charge in [0.2, 0.25) is 0 Å². The molecule has 19 heavy (non-hydrogen) atoms. The Bertz CT molecular complexity index is 441. The van der Waals surface area contributed by atoms with Crippen LogP contribution in [0.1, 0.15) is 18.9 Å². The Morgan fingerprint density at radius 3 is 2.74 bits per heavy atom. The van der Waals surface area contributed by atoms with Crippen LogP contribution < -0.4 is 5.32 Å². The second kappa shape index (κ2) is 8.08. The molecule has 2 rings (SSSR count). The molecule has 102 valence electrons. The molecule has 0 saturated carbocycles. The minimum Gasteiger partial charge on any atom is -0.472 e. The molecule has 1 atom stereocenters. The molecule has 0 aliphatic carbocycles. The van der Waals surface area contributed by atoms with Crippen LogP contribution in [0.15, 0.2) is 58.2 Å². The second-order valence-electron chi connectivity index (χ2n) is 4.61. The van der Waals surface area contributed by atoms with Crippen molar-refractivity contribution in [1.82, 2.24) is 5.32 Å². The lowest BCUT2D eigenvalue weighted by Crippen LogP contribution is -2.33. The van der Waals surface area contributed by atoms with E-state index in [4.69, 9.17) is 4.42 Å². The molecule has 2 aromatic rings. The Hall–Kier alpha value is -1.19. The fourth-order valence-corrected chi connectivity index (χ4v) is 2.92. The highest BCUT2D eigenvalue weighted by Gasteiger charge is 2.10. The van der Waals surface area contributed by atoms with Crippen molar-refractivity contribution in [3.8, 4) is 0 Å². The second-order valence-corrected chi connectivity index (χ2v) is 5.70.